The Hall–Kier alpha value is -1.46. The molecular weight excluding hydrogens is 194 g/mol. The van der Waals surface area contributed by atoms with Gasteiger partial charge in [0.2, 0.25) is 0 Å². The molecule has 1 aromatic rings. The summed E-state index contributed by atoms with van der Waals surface area (Å²) in [6.07, 6.45) is 1.64. The van der Waals surface area contributed by atoms with Gasteiger partial charge in [-0.3, -0.25) is 15.2 Å². The number of carbonyl (C=O) groups excluding carboxylic acids is 1. The maximum atomic E-state index is 11.1. The van der Waals surface area contributed by atoms with Gasteiger partial charge in [0.05, 0.1) is 24.0 Å². The lowest BCUT2D eigenvalue weighted by Gasteiger charge is -2.06. The SMILES string of the molecule is CC(C)OCc1ccc(C(=O)NN)cn1. The van der Waals surface area contributed by atoms with E-state index in [9.17, 15) is 4.79 Å². The van der Waals surface area contributed by atoms with Crippen LogP contribution in [0.1, 0.15) is 29.9 Å². The number of nitrogens with one attached hydrogen (secondary N) is 1. The number of hydrazine groups is 1. The zero-order chi connectivity index (χ0) is 11.3. The van der Waals surface area contributed by atoms with Crippen molar-refractivity contribution in [2.45, 2.75) is 26.6 Å². The highest BCUT2D eigenvalue weighted by molar-refractivity contribution is 5.93. The number of aromatic nitrogens is 1. The van der Waals surface area contributed by atoms with Crippen LogP contribution in [0.5, 0.6) is 0 Å². The third-order valence-corrected chi connectivity index (χ3v) is 1.78. The molecule has 5 nitrogen and oxygen atoms in total. The van der Waals surface area contributed by atoms with Crippen LogP contribution in [-0.2, 0) is 11.3 Å². The van der Waals surface area contributed by atoms with Gasteiger partial charge in [-0.05, 0) is 26.0 Å². The largest absolute Gasteiger partial charge is 0.373 e. The van der Waals surface area contributed by atoms with Crippen LogP contribution in [0.4, 0.5) is 0 Å². The minimum Gasteiger partial charge on any atom is -0.373 e. The van der Waals surface area contributed by atoms with E-state index in [0.29, 0.717) is 12.2 Å². The van der Waals surface area contributed by atoms with Crippen molar-refractivity contribution in [1.29, 1.82) is 0 Å². The molecule has 0 saturated carbocycles. The normalized spacial score (nSPS) is 10.4. The van der Waals surface area contributed by atoms with E-state index in [1.807, 2.05) is 19.3 Å². The molecule has 0 atom stereocenters. The van der Waals surface area contributed by atoms with Crippen LogP contribution in [0.15, 0.2) is 18.3 Å². The number of rotatable bonds is 4. The molecule has 1 rings (SSSR count). The summed E-state index contributed by atoms with van der Waals surface area (Å²) in [6, 6.07) is 3.40. The van der Waals surface area contributed by atoms with Crippen LogP contribution in [0.2, 0.25) is 0 Å². The molecule has 0 fully saturated rings. The Kier molecular flexibility index (Phi) is 4.20. The first-order valence-corrected chi connectivity index (χ1v) is 4.71. The molecule has 0 saturated heterocycles. The Balaban J connectivity index is 2.60. The summed E-state index contributed by atoms with van der Waals surface area (Å²) in [6.45, 7) is 4.36. The van der Waals surface area contributed by atoms with E-state index in [2.05, 4.69) is 4.98 Å². The molecule has 1 heterocycles. The van der Waals surface area contributed by atoms with Crippen LogP contribution in [-0.4, -0.2) is 17.0 Å². The number of nitrogens with zero attached hydrogens (tertiary/aromatic N) is 1. The standard InChI is InChI=1S/C10H15N3O2/c1-7(2)15-6-9-4-3-8(5-12-9)10(14)13-11/h3-5,7H,6,11H2,1-2H3,(H,13,14). The van der Waals surface area contributed by atoms with E-state index >= 15 is 0 Å². The van der Waals surface area contributed by atoms with E-state index < -0.39 is 0 Å². The number of hydrogen-bond acceptors (Lipinski definition) is 4. The molecule has 0 aliphatic heterocycles. The second kappa shape index (κ2) is 5.43. The lowest BCUT2D eigenvalue weighted by atomic mass is 10.2. The minimum atomic E-state index is -0.348. The maximum absolute atomic E-state index is 11.1. The summed E-state index contributed by atoms with van der Waals surface area (Å²) < 4.78 is 5.37. The van der Waals surface area contributed by atoms with E-state index in [4.69, 9.17) is 10.6 Å². The maximum Gasteiger partial charge on any atom is 0.266 e. The van der Waals surface area contributed by atoms with Gasteiger partial charge in [-0.2, -0.15) is 0 Å². The first kappa shape index (κ1) is 11.6. The first-order valence-electron chi connectivity index (χ1n) is 4.71. The fourth-order valence-corrected chi connectivity index (χ4v) is 0.980. The van der Waals surface area contributed by atoms with Gasteiger partial charge >= 0.3 is 0 Å². The van der Waals surface area contributed by atoms with Crippen molar-refractivity contribution < 1.29 is 9.53 Å². The zero-order valence-corrected chi connectivity index (χ0v) is 8.86. The molecule has 0 radical (unpaired) electrons. The van der Waals surface area contributed by atoms with Crippen LogP contribution >= 0.6 is 0 Å². The lowest BCUT2D eigenvalue weighted by molar-refractivity contribution is 0.0635. The van der Waals surface area contributed by atoms with Gasteiger partial charge in [-0.25, -0.2) is 5.84 Å². The van der Waals surface area contributed by atoms with Gasteiger partial charge in [0.25, 0.3) is 5.91 Å². The van der Waals surface area contributed by atoms with Crippen molar-refractivity contribution in [2.75, 3.05) is 0 Å². The van der Waals surface area contributed by atoms with E-state index in [0.717, 1.165) is 5.69 Å². The predicted molar refractivity (Wildman–Crippen MR) is 55.8 cm³/mol. The van der Waals surface area contributed by atoms with Crippen molar-refractivity contribution in [1.82, 2.24) is 10.4 Å². The number of ether oxygens (including phenoxy) is 1. The molecule has 5 heteroatoms. The van der Waals surface area contributed by atoms with Crippen molar-refractivity contribution in [3.63, 3.8) is 0 Å². The summed E-state index contributed by atoms with van der Waals surface area (Å²) in [5.74, 6) is 4.64. The molecule has 3 N–H and O–H groups in total. The monoisotopic (exact) mass is 209 g/mol. The Morgan fingerprint density at radius 2 is 2.33 bits per heavy atom. The predicted octanol–water partition coefficient (Wildman–Crippen LogP) is 0.610. The summed E-state index contributed by atoms with van der Waals surface area (Å²) in [5.41, 5.74) is 3.27. The van der Waals surface area contributed by atoms with Gasteiger partial charge in [-0.15, -0.1) is 0 Å². The number of pyridine rings is 1. The Morgan fingerprint density at radius 3 is 2.80 bits per heavy atom. The lowest BCUT2D eigenvalue weighted by Crippen LogP contribution is -2.30. The van der Waals surface area contributed by atoms with Crippen molar-refractivity contribution >= 4 is 5.91 Å². The van der Waals surface area contributed by atoms with E-state index in [1.165, 1.54) is 6.20 Å². The third-order valence-electron chi connectivity index (χ3n) is 1.78. The van der Waals surface area contributed by atoms with Crippen molar-refractivity contribution in [2.24, 2.45) is 5.84 Å². The summed E-state index contributed by atoms with van der Waals surface area (Å²) in [4.78, 5) is 15.2. The number of hydrogen-bond donors (Lipinski definition) is 2. The summed E-state index contributed by atoms with van der Waals surface area (Å²) in [5, 5.41) is 0. The zero-order valence-electron chi connectivity index (χ0n) is 8.86. The van der Waals surface area contributed by atoms with Gasteiger partial charge in [-0.1, -0.05) is 0 Å². The Morgan fingerprint density at radius 1 is 1.60 bits per heavy atom. The molecule has 82 valence electrons. The quantitative estimate of drug-likeness (QED) is 0.432. The molecule has 0 aliphatic rings. The minimum absolute atomic E-state index is 0.166. The molecule has 1 amide bonds. The fraction of sp³-hybridized carbons (Fsp3) is 0.400. The summed E-state index contributed by atoms with van der Waals surface area (Å²) >= 11 is 0. The van der Waals surface area contributed by atoms with Gasteiger partial charge < -0.3 is 4.74 Å². The topological polar surface area (TPSA) is 77.2 Å². The molecule has 0 spiro atoms. The van der Waals surface area contributed by atoms with E-state index in [1.54, 1.807) is 12.1 Å². The Bertz CT molecular complexity index is 322. The average Bonchev–Trinajstić information content (AvgIpc) is 2.26. The van der Waals surface area contributed by atoms with Crippen molar-refractivity contribution in [3.05, 3.63) is 29.6 Å². The second-order valence-corrected chi connectivity index (χ2v) is 3.37. The highest BCUT2D eigenvalue weighted by atomic mass is 16.5. The number of nitrogen functional groups attached to an aromatic ring is 1. The average molecular weight is 209 g/mol. The highest BCUT2D eigenvalue weighted by Crippen LogP contribution is 2.03. The van der Waals surface area contributed by atoms with Gasteiger partial charge in [0, 0.05) is 6.20 Å². The number of carbonyl (C=O) groups is 1. The van der Waals surface area contributed by atoms with Crippen LogP contribution in [0.25, 0.3) is 0 Å². The number of amides is 1. The molecule has 0 aliphatic carbocycles. The smallest absolute Gasteiger partial charge is 0.266 e. The molecule has 0 bridgehead atoms. The summed E-state index contributed by atoms with van der Waals surface area (Å²) in [7, 11) is 0. The molecular formula is C10H15N3O2. The molecule has 0 aromatic carbocycles. The molecule has 15 heavy (non-hydrogen) atoms. The van der Waals surface area contributed by atoms with Crippen LogP contribution in [0, 0.1) is 0 Å². The molecule has 1 aromatic heterocycles. The second-order valence-electron chi connectivity index (χ2n) is 3.37. The Labute approximate surface area is 88.6 Å². The van der Waals surface area contributed by atoms with E-state index in [-0.39, 0.29) is 12.0 Å². The van der Waals surface area contributed by atoms with Gasteiger partial charge in [0.1, 0.15) is 0 Å². The first-order chi connectivity index (χ1) is 7.13. The number of nitrogens with two attached hydrogens (primary N) is 1. The highest BCUT2D eigenvalue weighted by Gasteiger charge is 2.04. The van der Waals surface area contributed by atoms with Crippen LogP contribution < -0.4 is 11.3 Å². The van der Waals surface area contributed by atoms with Gasteiger partial charge in [0.15, 0.2) is 0 Å². The van der Waals surface area contributed by atoms with Crippen LogP contribution in [0.3, 0.4) is 0 Å². The van der Waals surface area contributed by atoms with Crippen molar-refractivity contribution in [3.8, 4) is 0 Å². The fourth-order valence-electron chi connectivity index (χ4n) is 0.980. The molecule has 0 unspecified atom stereocenters. The third kappa shape index (κ3) is 3.65.